The molecule has 0 saturated heterocycles. The lowest BCUT2D eigenvalue weighted by Gasteiger charge is -2.32. The second kappa shape index (κ2) is 15.5. The highest BCUT2D eigenvalue weighted by atomic mass is 32.1. The van der Waals surface area contributed by atoms with Crippen LogP contribution in [0.4, 0.5) is 17.1 Å². The monoisotopic (exact) mass is 821 g/mol. The van der Waals surface area contributed by atoms with E-state index >= 15 is 0 Å². The first-order valence-corrected chi connectivity index (χ1v) is 22.2. The van der Waals surface area contributed by atoms with E-state index in [-0.39, 0.29) is 0 Å². The average Bonchev–Trinajstić information content (AvgIpc) is 3.94. The SMILES string of the molecule is c1ccc(-c2ccc3c(c2)oc2c(-c4ccccc4)ccc(N(c4c(-c5ccccc5)cccc4-c4ccccc4)c4cccc5sc6cc(-c7ccccc7)ccc6c45)c23)cc1. The molecule has 296 valence electrons. The van der Waals surface area contributed by atoms with Crippen LogP contribution < -0.4 is 4.90 Å². The Hall–Kier alpha value is -7.98. The molecule has 0 aliphatic carbocycles. The minimum absolute atomic E-state index is 0.850. The number of anilines is 3. The molecule has 0 spiro atoms. The minimum Gasteiger partial charge on any atom is -0.455 e. The van der Waals surface area contributed by atoms with Crippen LogP contribution in [0.3, 0.4) is 0 Å². The van der Waals surface area contributed by atoms with Crippen molar-refractivity contribution in [3.05, 3.63) is 237 Å². The van der Waals surface area contributed by atoms with Gasteiger partial charge in [0.2, 0.25) is 0 Å². The lowest BCUT2D eigenvalue weighted by molar-refractivity contribution is 0.670. The fourth-order valence-electron chi connectivity index (χ4n) is 9.36. The van der Waals surface area contributed by atoms with Gasteiger partial charge >= 0.3 is 0 Å². The van der Waals surface area contributed by atoms with Crippen molar-refractivity contribution in [1.29, 1.82) is 0 Å². The fourth-order valence-corrected chi connectivity index (χ4v) is 10.5. The predicted octanol–water partition coefficient (Wildman–Crippen LogP) is 17.8. The lowest BCUT2D eigenvalue weighted by Crippen LogP contribution is -2.13. The van der Waals surface area contributed by atoms with Crippen molar-refractivity contribution in [1.82, 2.24) is 0 Å². The third-order valence-corrected chi connectivity index (χ3v) is 13.4. The van der Waals surface area contributed by atoms with E-state index in [1.54, 1.807) is 0 Å². The zero-order valence-corrected chi connectivity index (χ0v) is 35.1. The molecule has 0 atom stereocenters. The summed E-state index contributed by atoms with van der Waals surface area (Å²) in [7, 11) is 0. The van der Waals surface area contributed by atoms with Crippen LogP contribution in [0.25, 0.3) is 97.7 Å². The Balaban J connectivity index is 1.22. The van der Waals surface area contributed by atoms with Gasteiger partial charge in [-0.2, -0.15) is 0 Å². The summed E-state index contributed by atoms with van der Waals surface area (Å²) in [5, 5.41) is 4.58. The van der Waals surface area contributed by atoms with Crippen molar-refractivity contribution in [2.24, 2.45) is 0 Å². The summed E-state index contributed by atoms with van der Waals surface area (Å²) in [6, 6.07) is 85.3. The van der Waals surface area contributed by atoms with Gasteiger partial charge in [0.05, 0.1) is 22.4 Å². The Morgan fingerprint density at radius 3 is 1.40 bits per heavy atom. The van der Waals surface area contributed by atoms with Gasteiger partial charge < -0.3 is 9.32 Å². The first-order chi connectivity index (χ1) is 31.3. The summed E-state index contributed by atoms with van der Waals surface area (Å²) in [6.45, 7) is 0. The van der Waals surface area contributed by atoms with E-state index in [2.05, 4.69) is 241 Å². The van der Waals surface area contributed by atoms with Gasteiger partial charge in [0.1, 0.15) is 11.2 Å². The number of fused-ring (bicyclic) bond motifs is 6. The molecule has 0 aliphatic heterocycles. The summed E-state index contributed by atoms with van der Waals surface area (Å²) in [4.78, 5) is 2.54. The molecule has 63 heavy (non-hydrogen) atoms. The van der Waals surface area contributed by atoms with Crippen LogP contribution in [0.1, 0.15) is 0 Å². The highest BCUT2D eigenvalue weighted by Gasteiger charge is 2.28. The van der Waals surface area contributed by atoms with E-state index in [0.29, 0.717) is 0 Å². The second-order valence-electron chi connectivity index (χ2n) is 16.0. The quantitative estimate of drug-likeness (QED) is 0.152. The Bertz CT molecular complexity index is 3540. The third kappa shape index (κ3) is 6.41. The number of thiophene rings is 1. The maximum Gasteiger partial charge on any atom is 0.145 e. The standard InChI is InChI=1S/C60H39NOS/c1-6-18-40(19-7-1)45-32-34-50-54(38-45)62-60-49(44-26-14-5-15-27-44)36-37-53(58(50)60)61(59-47(42-22-10-3-11-23-42)28-16-29-48(59)43-24-12-4-13-25-43)52-30-17-31-55-57(52)51-35-33-46(39-56(51)63-55)41-20-8-2-9-21-41/h1-39H. The van der Waals surface area contributed by atoms with E-state index in [0.717, 1.165) is 83.5 Å². The predicted molar refractivity (Wildman–Crippen MR) is 268 cm³/mol. The number of hydrogen-bond donors (Lipinski definition) is 0. The third-order valence-electron chi connectivity index (χ3n) is 12.3. The Kier molecular flexibility index (Phi) is 9.06. The Labute approximate surface area is 370 Å². The molecule has 0 radical (unpaired) electrons. The van der Waals surface area contributed by atoms with Crippen LogP contribution in [0.15, 0.2) is 241 Å². The number of benzene rings is 10. The van der Waals surface area contributed by atoms with E-state index < -0.39 is 0 Å². The van der Waals surface area contributed by atoms with Crippen LogP contribution in [0, 0.1) is 0 Å². The van der Waals surface area contributed by atoms with E-state index in [4.69, 9.17) is 4.42 Å². The van der Waals surface area contributed by atoms with Crippen molar-refractivity contribution < 1.29 is 4.42 Å². The minimum atomic E-state index is 0.850. The molecule has 2 heterocycles. The van der Waals surface area contributed by atoms with Gasteiger partial charge in [-0.15, -0.1) is 11.3 Å². The average molecular weight is 822 g/mol. The van der Waals surface area contributed by atoms with Gasteiger partial charge in [0.25, 0.3) is 0 Å². The topological polar surface area (TPSA) is 16.4 Å². The van der Waals surface area contributed by atoms with Crippen molar-refractivity contribution in [2.75, 3.05) is 4.90 Å². The smallest absolute Gasteiger partial charge is 0.145 e. The summed E-state index contributed by atoms with van der Waals surface area (Å²) < 4.78 is 9.65. The molecule has 12 rings (SSSR count). The van der Waals surface area contributed by atoms with Crippen LogP contribution in [0.2, 0.25) is 0 Å². The maximum absolute atomic E-state index is 7.17. The first-order valence-electron chi connectivity index (χ1n) is 21.4. The molecule has 0 saturated carbocycles. The molecule has 0 aliphatic rings. The normalized spacial score (nSPS) is 11.5. The Morgan fingerprint density at radius 1 is 0.317 bits per heavy atom. The van der Waals surface area contributed by atoms with Crippen LogP contribution >= 0.6 is 11.3 Å². The number of nitrogens with zero attached hydrogens (tertiary/aromatic N) is 1. The molecule has 10 aromatic carbocycles. The highest BCUT2D eigenvalue weighted by Crippen LogP contribution is 2.54. The summed E-state index contributed by atoms with van der Waals surface area (Å²) in [5.41, 5.74) is 16.4. The Morgan fingerprint density at radius 2 is 0.810 bits per heavy atom. The maximum atomic E-state index is 7.17. The zero-order valence-electron chi connectivity index (χ0n) is 34.3. The molecule has 0 bridgehead atoms. The van der Waals surface area contributed by atoms with Gasteiger partial charge in [-0.3, -0.25) is 0 Å². The van der Waals surface area contributed by atoms with Crippen molar-refractivity contribution in [3.8, 4) is 55.6 Å². The molecular weight excluding hydrogens is 783 g/mol. The molecule has 0 fully saturated rings. The molecule has 0 amide bonds. The van der Waals surface area contributed by atoms with Crippen molar-refractivity contribution >= 4 is 70.5 Å². The lowest BCUT2D eigenvalue weighted by atomic mass is 9.92. The molecule has 12 aromatic rings. The molecule has 2 nitrogen and oxygen atoms in total. The first kappa shape index (κ1) is 36.8. The van der Waals surface area contributed by atoms with Crippen LogP contribution in [-0.4, -0.2) is 0 Å². The summed E-state index contributed by atoms with van der Waals surface area (Å²) in [5.74, 6) is 0. The molecular formula is C60H39NOS. The molecule has 0 N–H and O–H groups in total. The molecule has 0 unspecified atom stereocenters. The summed E-state index contributed by atoms with van der Waals surface area (Å²) >= 11 is 1.86. The highest BCUT2D eigenvalue weighted by molar-refractivity contribution is 7.26. The van der Waals surface area contributed by atoms with E-state index in [9.17, 15) is 0 Å². The van der Waals surface area contributed by atoms with E-state index in [1.165, 1.54) is 31.3 Å². The van der Waals surface area contributed by atoms with E-state index in [1.807, 2.05) is 11.3 Å². The van der Waals surface area contributed by atoms with Crippen molar-refractivity contribution in [3.63, 3.8) is 0 Å². The number of rotatable bonds is 8. The zero-order chi connectivity index (χ0) is 41.7. The van der Waals surface area contributed by atoms with Gasteiger partial charge in [-0.05, 0) is 81.4 Å². The van der Waals surface area contributed by atoms with Crippen LogP contribution in [-0.2, 0) is 0 Å². The number of para-hydroxylation sites is 1. The second-order valence-corrected chi connectivity index (χ2v) is 17.1. The van der Waals surface area contributed by atoms with Gasteiger partial charge in [0, 0.05) is 42.2 Å². The molecule has 3 heteroatoms. The van der Waals surface area contributed by atoms with Crippen molar-refractivity contribution in [2.45, 2.75) is 0 Å². The fraction of sp³-hybridized carbons (Fsp3) is 0. The number of hydrogen-bond acceptors (Lipinski definition) is 3. The van der Waals surface area contributed by atoms with Crippen LogP contribution in [0.5, 0.6) is 0 Å². The largest absolute Gasteiger partial charge is 0.455 e. The van der Waals surface area contributed by atoms with Gasteiger partial charge in [0.15, 0.2) is 0 Å². The molecule has 2 aromatic heterocycles. The van der Waals surface area contributed by atoms with Gasteiger partial charge in [-0.1, -0.05) is 194 Å². The summed E-state index contributed by atoms with van der Waals surface area (Å²) in [6.07, 6.45) is 0. The van der Waals surface area contributed by atoms with Gasteiger partial charge in [-0.25, -0.2) is 0 Å². The number of furan rings is 1.